The molecule has 0 aromatic heterocycles. The van der Waals surface area contributed by atoms with E-state index in [1.54, 1.807) is 0 Å². The molecule has 6 nitrogen and oxygen atoms in total. The van der Waals surface area contributed by atoms with E-state index in [0.717, 1.165) is 30.7 Å². The highest BCUT2D eigenvalue weighted by Crippen LogP contribution is 2.27. The van der Waals surface area contributed by atoms with Gasteiger partial charge in [0.15, 0.2) is 0 Å². The molecular formula is C18H23ClN2O4S. The van der Waals surface area contributed by atoms with Crippen molar-refractivity contribution in [2.75, 3.05) is 6.54 Å². The topological polar surface area (TPSA) is 89.3 Å². The summed E-state index contributed by atoms with van der Waals surface area (Å²) in [5, 5.41) is 14.5. The summed E-state index contributed by atoms with van der Waals surface area (Å²) in [7, 11) is 0. The molecule has 1 aromatic carbocycles. The zero-order valence-electron chi connectivity index (χ0n) is 14.7. The van der Waals surface area contributed by atoms with Crippen LogP contribution in [-0.4, -0.2) is 22.5 Å². The van der Waals surface area contributed by atoms with Crippen LogP contribution in [0.2, 0.25) is 5.02 Å². The van der Waals surface area contributed by atoms with Gasteiger partial charge in [-0.3, -0.25) is 19.7 Å². The molecule has 1 amide bonds. The van der Waals surface area contributed by atoms with E-state index >= 15 is 0 Å². The molecule has 0 heterocycles. The smallest absolute Gasteiger partial charge is 0.288 e. The normalized spacial score (nSPS) is 10.8. The van der Waals surface area contributed by atoms with Gasteiger partial charge >= 0.3 is 0 Å². The first kappa shape index (κ1) is 22.2. The summed E-state index contributed by atoms with van der Waals surface area (Å²) in [6, 6.07) is 3.85. The number of benzene rings is 1. The third kappa shape index (κ3) is 8.49. The zero-order chi connectivity index (χ0) is 19.4. The average molecular weight is 399 g/mol. The van der Waals surface area contributed by atoms with Gasteiger partial charge in [0.05, 0.1) is 4.92 Å². The van der Waals surface area contributed by atoms with Crippen LogP contribution in [0.15, 0.2) is 29.7 Å². The molecule has 0 unspecified atom stereocenters. The second-order valence-corrected chi connectivity index (χ2v) is 6.98. The maximum atomic E-state index is 12.0. The Bertz CT molecular complexity index is 665. The van der Waals surface area contributed by atoms with Crippen molar-refractivity contribution in [1.82, 2.24) is 5.32 Å². The molecule has 0 saturated heterocycles. The van der Waals surface area contributed by atoms with Crippen LogP contribution < -0.4 is 5.32 Å². The highest BCUT2D eigenvalue weighted by molar-refractivity contribution is 8.16. The maximum Gasteiger partial charge on any atom is 0.288 e. The van der Waals surface area contributed by atoms with Crippen LogP contribution in [0, 0.1) is 10.1 Å². The predicted octanol–water partition coefficient (Wildman–Crippen LogP) is 5.11. The fourth-order valence-electron chi connectivity index (χ4n) is 2.18. The van der Waals surface area contributed by atoms with Gasteiger partial charge in [0.2, 0.25) is 11.0 Å². The molecule has 0 aliphatic carbocycles. The predicted molar refractivity (Wildman–Crippen MR) is 106 cm³/mol. The van der Waals surface area contributed by atoms with Crippen LogP contribution in [-0.2, 0) is 4.79 Å². The summed E-state index contributed by atoms with van der Waals surface area (Å²) >= 11 is 6.50. The quantitative estimate of drug-likeness (QED) is 0.242. The summed E-state index contributed by atoms with van der Waals surface area (Å²) in [5.74, 6) is -0.263. The number of amides is 1. The van der Waals surface area contributed by atoms with Gasteiger partial charge in [-0.15, -0.1) is 0 Å². The van der Waals surface area contributed by atoms with Crippen molar-refractivity contribution in [2.24, 2.45) is 0 Å². The monoisotopic (exact) mass is 398 g/mol. The van der Waals surface area contributed by atoms with Gasteiger partial charge in [0.25, 0.3) is 5.69 Å². The molecule has 1 N–H and O–H groups in total. The van der Waals surface area contributed by atoms with Crippen LogP contribution in [0.3, 0.4) is 0 Å². The molecule has 0 aliphatic heterocycles. The minimum atomic E-state index is -0.644. The lowest BCUT2D eigenvalue weighted by molar-refractivity contribution is -0.384. The fourth-order valence-corrected chi connectivity index (χ4v) is 2.95. The van der Waals surface area contributed by atoms with Crippen molar-refractivity contribution in [1.29, 1.82) is 0 Å². The van der Waals surface area contributed by atoms with E-state index in [0.29, 0.717) is 6.54 Å². The van der Waals surface area contributed by atoms with Gasteiger partial charge in [-0.1, -0.05) is 62.4 Å². The fraction of sp³-hybridized carbons (Fsp3) is 0.444. The Morgan fingerprint density at radius 1 is 1.23 bits per heavy atom. The van der Waals surface area contributed by atoms with E-state index in [9.17, 15) is 19.7 Å². The highest BCUT2D eigenvalue weighted by atomic mass is 35.5. The van der Waals surface area contributed by atoms with E-state index < -0.39 is 10.0 Å². The van der Waals surface area contributed by atoms with Gasteiger partial charge in [0.1, 0.15) is 5.02 Å². The maximum absolute atomic E-state index is 12.0. The number of hydrogen-bond acceptors (Lipinski definition) is 5. The lowest BCUT2D eigenvalue weighted by Gasteiger charge is -2.02. The van der Waals surface area contributed by atoms with E-state index in [1.807, 2.05) is 0 Å². The van der Waals surface area contributed by atoms with Crippen LogP contribution in [0.25, 0.3) is 0 Å². The Balaban J connectivity index is 2.34. The molecule has 0 atom stereocenters. The highest BCUT2D eigenvalue weighted by Gasteiger charge is 2.16. The summed E-state index contributed by atoms with van der Waals surface area (Å²) in [4.78, 5) is 33.9. The first-order valence-corrected chi connectivity index (χ1v) is 9.80. The van der Waals surface area contributed by atoms with E-state index in [1.165, 1.54) is 49.3 Å². The van der Waals surface area contributed by atoms with E-state index in [4.69, 9.17) is 11.6 Å². The minimum absolute atomic E-state index is 0.0267. The third-order valence-electron chi connectivity index (χ3n) is 3.60. The molecule has 0 radical (unpaired) electrons. The van der Waals surface area contributed by atoms with Gasteiger partial charge < -0.3 is 5.32 Å². The minimum Gasteiger partial charge on any atom is -0.353 e. The first-order valence-electron chi connectivity index (χ1n) is 8.55. The molecule has 0 saturated carbocycles. The van der Waals surface area contributed by atoms with Crippen molar-refractivity contribution < 1.29 is 14.5 Å². The van der Waals surface area contributed by atoms with Gasteiger partial charge in [-0.25, -0.2) is 0 Å². The van der Waals surface area contributed by atoms with Crippen LogP contribution in [0.4, 0.5) is 5.69 Å². The summed E-state index contributed by atoms with van der Waals surface area (Å²) in [5.41, 5.74) is -0.165. The van der Waals surface area contributed by atoms with Crippen LogP contribution in [0.5, 0.6) is 0 Å². The molecule has 0 aliphatic rings. The van der Waals surface area contributed by atoms with Crippen LogP contribution >= 0.6 is 23.4 Å². The Labute approximate surface area is 162 Å². The lowest BCUT2D eigenvalue weighted by Crippen LogP contribution is -2.21. The van der Waals surface area contributed by atoms with Crippen molar-refractivity contribution in [2.45, 2.75) is 45.4 Å². The zero-order valence-corrected chi connectivity index (χ0v) is 16.3. The Kier molecular flexibility index (Phi) is 10.7. The van der Waals surface area contributed by atoms with E-state index in [2.05, 4.69) is 12.2 Å². The Morgan fingerprint density at radius 3 is 2.62 bits per heavy atom. The summed E-state index contributed by atoms with van der Waals surface area (Å²) < 4.78 is 0. The second kappa shape index (κ2) is 12.5. The summed E-state index contributed by atoms with van der Waals surface area (Å²) in [6.07, 6.45) is 8.17. The summed E-state index contributed by atoms with van der Waals surface area (Å²) in [6.45, 7) is 2.78. The van der Waals surface area contributed by atoms with Crippen molar-refractivity contribution in [3.05, 3.63) is 50.4 Å². The van der Waals surface area contributed by atoms with E-state index in [-0.39, 0.29) is 22.2 Å². The molecule has 0 fully saturated rings. The number of rotatable bonds is 11. The molecule has 142 valence electrons. The molecule has 1 aromatic rings. The number of halogens is 1. The molecule has 26 heavy (non-hydrogen) atoms. The molecule has 0 spiro atoms. The number of nitrogens with zero attached hydrogens (tertiary/aromatic N) is 1. The van der Waals surface area contributed by atoms with Crippen molar-refractivity contribution in [3.8, 4) is 0 Å². The van der Waals surface area contributed by atoms with Crippen LogP contribution in [0.1, 0.15) is 55.8 Å². The molecule has 1 rings (SSSR count). The average Bonchev–Trinajstić information content (AvgIpc) is 2.61. The third-order valence-corrected chi connectivity index (χ3v) is 4.64. The second-order valence-electron chi connectivity index (χ2n) is 5.69. The standard InChI is InChI=1S/C18H23ClN2O4S/c1-2-3-4-5-6-7-11-20-17(22)10-12-26-18(23)14-8-9-15(19)16(13-14)21(24)25/h8-10,12-13H,2-7,11H2,1H3,(H,20,22)/b12-10-. The van der Waals surface area contributed by atoms with Crippen molar-refractivity contribution >= 4 is 40.1 Å². The number of carbonyl (C=O) groups is 2. The number of nitro groups is 1. The Hall–Kier alpha value is -1.86. The number of nitrogens with one attached hydrogen (secondary N) is 1. The largest absolute Gasteiger partial charge is 0.353 e. The number of hydrogen-bond donors (Lipinski definition) is 1. The number of unbranched alkanes of at least 4 members (excludes halogenated alkanes) is 5. The van der Waals surface area contributed by atoms with Gasteiger partial charge in [-0.05, 0) is 24.0 Å². The number of carbonyl (C=O) groups excluding carboxylic acids is 2. The SMILES string of the molecule is CCCCCCCCNC(=O)/C=C\SC(=O)c1ccc(Cl)c([N+](=O)[O-])c1. The molecular weight excluding hydrogens is 376 g/mol. The molecule has 0 bridgehead atoms. The first-order chi connectivity index (χ1) is 12.5. The lowest BCUT2D eigenvalue weighted by atomic mass is 10.1. The number of nitro benzene ring substituents is 1. The number of thioether (sulfide) groups is 1. The Morgan fingerprint density at radius 2 is 1.92 bits per heavy atom. The van der Waals surface area contributed by atoms with Crippen molar-refractivity contribution in [3.63, 3.8) is 0 Å². The molecule has 8 heteroatoms. The van der Waals surface area contributed by atoms with Gasteiger partial charge in [0, 0.05) is 24.3 Å². The van der Waals surface area contributed by atoms with Gasteiger partial charge in [-0.2, -0.15) is 0 Å².